The fourth-order valence-electron chi connectivity index (χ4n) is 3.52. The highest BCUT2D eigenvalue weighted by molar-refractivity contribution is 14.0. The molecule has 0 radical (unpaired) electrons. The summed E-state index contributed by atoms with van der Waals surface area (Å²) in [5, 5.41) is 7.47. The Morgan fingerprint density at radius 3 is 2.70 bits per heavy atom. The molecule has 1 aliphatic carbocycles. The molecule has 30 heavy (non-hydrogen) atoms. The molecule has 2 aromatic rings. The smallest absolute Gasteiger partial charge is 0.194 e. The number of nitrogens with one attached hydrogen (secondary N) is 1. The van der Waals surface area contributed by atoms with Gasteiger partial charge >= 0.3 is 0 Å². The third-order valence-electron chi connectivity index (χ3n) is 5.43. The Hall–Kier alpha value is -1.81. The lowest BCUT2D eigenvalue weighted by Gasteiger charge is -2.36. The number of hydrogen-bond donors (Lipinski definition) is 1. The third kappa shape index (κ3) is 6.60. The van der Waals surface area contributed by atoms with Gasteiger partial charge in [0.1, 0.15) is 12.0 Å². The number of para-hydroxylation sites is 1. The van der Waals surface area contributed by atoms with Crippen molar-refractivity contribution < 1.29 is 9.26 Å². The Labute approximate surface area is 195 Å². The zero-order chi connectivity index (χ0) is 19.9. The topological polar surface area (TPSA) is 66.1 Å². The summed E-state index contributed by atoms with van der Waals surface area (Å²) in [7, 11) is 0. The maximum atomic E-state index is 6.04. The van der Waals surface area contributed by atoms with Crippen molar-refractivity contribution in [3.63, 3.8) is 0 Å². The van der Waals surface area contributed by atoms with E-state index in [0.717, 1.165) is 74.8 Å². The zero-order valence-electron chi connectivity index (χ0n) is 17.6. The molecule has 1 N–H and O–H groups in total. The van der Waals surface area contributed by atoms with Crippen LogP contribution in [-0.4, -0.2) is 60.2 Å². The van der Waals surface area contributed by atoms with Gasteiger partial charge in [-0.2, -0.15) is 0 Å². The summed E-state index contributed by atoms with van der Waals surface area (Å²) in [6, 6.07) is 10.2. The van der Waals surface area contributed by atoms with Gasteiger partial charge in [-0.15, -0.1) is 24.0 Å². The number of benzene rings is 1. The van der Waals surface area contributed by atoms with Crippen LogP contribution >= 0.6 is 24.0 Å². The number of aliphatic imine (C=N–C) groups is 1. The molecule has 1 saturated carbocycles. The highest BCUT2D eigenvalue weighted by atomic mass is 127. The standard InChI is InChI=1S/C22H31N5O2.HI/c1-2-23-22(27-12-10-26(11-13-27)16-20-9-14-29-25-20)24-15-19-5-3-4-6-21(19)28-17-18-7-8-18;/h3-6,9,14,18H,2,7-8,10-13,15-17H2,1H3,(H,23,24);1H. The van der Waals surface area contributed by atoms with Crippen LogP contribution in [0.4, 0.5) is 0 Å². The summed E-state index contributed by atoms with van der Waals surface area (Å²) in [5.41, 5.74) is 2.13. The summed E-state index contributed by atoms with van der Waals surface area (Å²) in [6.45, 7) is 9.13. The van der Waals surface area contributed by atoms with E-state index in [2.05, 4.69) is 45.4 Å². The molecule has 1 aromatic carbocycles. The molecule has 164 valence electrons. The quantitative estimate of drug-likeness (QED) is 0.324. The van der Waals surface area contributed by atoms with Crippen LogP contribution in [0.2, 0.25) is 0 Å². The molecule has 1 aliphatic heterocycles. The molecular formula is C22H32IN5O2. The molecule has 1 aromatic heterocycles. The second-order valence-electron chi connectivity index (χ2n) is 7.79. The van der Waals surface area contributed by atoms with Crippen molar-refractivity contribution in [1.29, 1.82) is 0 Å². The van der Waals surface area contributed by atoms with E-state index in [1.807, 2.05) is 12.1 Å². The molecule has 2 aliphatic rings. The van der Waals surface area contributed by atoms with Crippen LogP contribution in [0.5, 0.6) is 5.75 Å². The van der Waals surface area contributed by atoms with Crippen LogP contribution in [0, 0.1) is 5.92 Å². The minimum atomic E-state index is 0. The van der Waals surface area contributed by atoms with Crippen LogP contribution < -0.4 is 10.1 Å². The van der Waals surface area contributed by atoms with Gasteiger partial charge in [-0.3, -0.25) is 4.90 Å². The number of nitrogens with zero attached hydrogens (tertiary/aromatic N) is 4. The summed E-state index contributed by atoms with van der Waals surface area (Å²) in [6.07, 6.45) is 4.23. The maximum absolute atomic E-state index is 6.04. The Balaban J connectivity index is 0.00000256. The van der Waals surface area contributed by atoms with Crippen LogP contribution in [0.15, 0.2) is 46.1 Å². The predicted molar refractivity (Wildman–Crippen MR) is 128 cm³/mol. The van der Waals surface area contributed by atoms with Crippen LogP contribution in [0.3, 0.4) is 0 Å². The molecule has 2 heterocycles. The van der Waals surface area contributed by atoms with E-state index in [1.54, 1.807) is 6.26 Å². The first kappa shape index (κ1) is 22.9. The molecule has 0 bridgehead atoms. The van der Waals surface area contributed by atoms with Crippen molar-refractivity contribution >= 4 is 29.9 Å². The fourth-order valence-corrected chi connectivity index (χ4v) is 3.52. The molecule has 2 fully saturated rings. The minimum Gasteiger partial charge on any atom is -0.493 e. The second kappa shape index (κ2) is 11.5. The number of ether oxygens (including phenoxy) is 1. The summed E-state index contributed by atoms with van der Waals surface area (Å²) in [5.74, 6) is 2.69. The minimum absolute atomic E-state index is 0. The van der Waals surface area contributed by atoms with Crippen molar-refractivity contribution in [3.8, 4) is 5.75 Å². The maximum Gasteiger partial charge on any atom is 0.194 e. The molecule has 0 amide bonds. The van der Waals surface area contributed by atoms with Crippen molar-refractivity contribution in [2.24, 2.45) is 10.9 Å². The molecule has 7 nitrogen and oxygen atoms in total. The van der Waals surface area contributed by atoms with Gasteiger partial charge in [0.15, 0.2) is 5.96 Å². The number of rotatable bonds is 8. The monoisotopic (exact) mass is 525 g/mol. The molecule has 0 unspecified atom stereocenters. The van der Waals surface area contributed by atoms with E-state index >= 15 is 0 Å². The van der Waals surface area contributed by atoms with E-state index in [1.165, 1.54) is 12.8 Å². The molecule has 4 rings (SSSR count). The van der Waals surface area contributed by atoms with Gasteiger partial charge in [0, 0.05) is 50.9 Å². The number of hydrogen-bond acceptors (Lipinski definition) is 5. The molecule has 0 spiro atoms. The number of aromatic nitrogens is 1. The first-order chi connectivity index (χ1) is 14.3. The summed E-state index contributed by atoms with van der Waals surface area (Å²) < 4.78 is 11.0. The Morgan fingerprint density at radius 1 is 1.20 bits per heavy atom. The lowest BCUT2D eigenvalue weighted by molar-refractivity contribution is 0.169. The average Bonchev–Trinajstić information content (AvgIpc) is 3.45. The highest BCUT2D eigenvalue weighted by Crippen LogP contribution is 2.30. The van der Waals surface area contributed by atoms with E-state index in [0.29, 0.717) is 6.54 Å². The molecule has 0 atom stereocenters. The lowest BCUT2D eigenvalue weighted by atomic mass is 10.2. The van der Waals surface area contributed by atoms with E-state index in [-0.39, 0.29) is 24.0 Å². The highest BCUT2D eigenvalue weighted by Gasteiger charge is 2.23. The summed E-state index contributed by atoms with van der Waals surface area (Å²) >= 11 is 0. The number of piperazine rings is 1. The average molecular weight is 525 g/mol. The van der Waals surface area contributed by atoms with Gasteiger partial charge in [0.25, 0.3) is 0 Å². The van der Waals surface area contributed by atoms with Gasteiger partial charge in [-0.1, -0.05) is 23.4 Å². The van der Waals surface area contributed by atoms with Gasteiger partial charge in [-0.25, -0.2) is 4.99 Å². The first-order valence-electron chi connectivity index (χ1n) is 10.7. The largest absolute Gasteiger partial charge is 0.493 e. The molecular weight excluding hydrogens is 493 g/mol. The SMILES string of the molecule is CCNC(=NCc1ccccc1OCC1CC1)N1CCN(Cc2ccon2)CC1.I. The Kier molecular flexibility index (Phi) is 8.80. The summed E-state index contributed by atoms with van der Waals surface area (Å²) in [4.78, 5) is 9.66. The van der Waals surface area contributed by atoms with Crippen molar-refractivity contribution in [3.05, 3.63) is 47.9 Å². The molecule has 8 heteroatoms. The van der Waals surface area contributed by atoms with Crippen LogP contribution in [-0.2, 0) is 13.1 Å². The number of halogens is 1. The van der Waals surface area contributed by atoms with Gasteiger partial charge in [-0.05, 0) is 31.7 Å². The van der Waals surface area contributed by atoms with Gasteiger partial charge in [0.2, 0.25) is 0 Å². The van der Waals surface area contributed by atoms with E-state index in [9.17, 15) is 0 Å². The second-order valence-corrected chi connectivity index (χ2v) is 7.79. The van der Waals surface area contributed by atoms with Gasteiger partial charge < -0.3 is 19.5 Å². The van der Waals surface area contributed by atoms with Crippen molar-refractivity contribution in [2.45, 2.75) is 32.9 Å². The van der Waals surface area contributed by atoms with Crippen LogP contribution in [0.25, 0.3) is 0 Å². The van der Waals surface area contributed by atoms with Gasteiger partial charge in [0.05, 0.1) is 18.8 Å². The van der Waals surface area contributed by atoms with Crippen molar-refractivity contribution in [2.75, 3.05) is 39.3 Å². The number of guanidine groups is 1. The zero-order valence-corrected chi connectivity index (χ0v) is 20.0. The normalized spacial score (nSPS) is 17.5. The first-order valence-corrected chi connectivity index (χ1v) is 10.7. The van der Waals surface area contributed by atoms with E-state index < -0.39 is 0 Å². The van der Waals surface area contributed by atoms with Crippen molar-refractivity contribution in [1.82, 2.24) is 20.3 Å². The fraction of sp³-hybridized carbons (Fsp3) is 0.545. The Morgan fingerprint density at radius 2 is 2.00 bits per heavy atom. The van der Waals surface area contributed by atoms with E-state index in [4.69, 9.17) is 14.3 Å². The molecule has 1 saturated heterocycles. The third-order valence-corrected chi connectivity index (χ3v) is 5.43. The Bertz CT molecular complexity index is 787. The predicted octanol–water partition coefficient (Wildman–Crippen LogP) is 3.36. The van der Waals surface area contributed by atoms with Crippen LogP contribution in [0.1, 0.15) is 31.0 Å². The lowest BCUT2D eigenvalue weighted by Crippen LogP contribution is -2.52.